The highest BCUT2D eigenvalue weighted by Crippen LogP contribution is 2.35. The van der Waals surface area contributed by atoms with Crippen LogP contribution in [0.25, 0.3) is 0 Å². The van der Waals surface area contributed by atoms with Crippen LogP contribution in [0.2, 0.25) is 5.02 Å². The quantitative estimate of drug-likeness (QED) is 0.614. The minimum absolute atomic E-state index is 0.0743. The summed E-state index contributed by atoms with van der Waals surface area (Å²) in [6.45, 7) is 6.51. The number of nitrogens with zero attached hydrogens (tertiary/aromatic N) is 3. The van der Waals surface area contributed by atoms with Crippen LogP contribution in [-0.4, -0.2) is 45.6 Å². The normalized spacial score (nSPS) is 17.9. The Bertz CT molecular complexity index is 1110. The summed E-state index contributed by atoms with van der Waals surface area (Å²) >= 11 is 7.21. The number of amides is 2. The molecule has 6 nitrogen and oxygen atoms in total. The number of carbonyl (C=O) groups excluding carboxylic acids is 2. The zero-order valence-electron chi connectivity index (χ0n) is 18.9. The molecular formula is C25H27ClN4O2S. The number of fused-ring (bicyclic) bond motifs is 3. The minimum Gasteiger partial charge on any atom is -0.355 e. The number of amidine groups is 2. The molecule has 2 heterocycles. The van der Waals surface area contributed by atoms with Crippen LogP contribution in [0.1, 0.15) is 38.3 Å². The summed E-state index contributed by atoms with van der Waals surface area (Å²) in [5.74, 6) is 0.807. The highest BCUT2D eigenvalue weighted by atomic mass is 35.5. The Morgan fingerprint density at radius 3 is 2.61 bits per heavy atom. The molecule has 1 N–H and O–H groups in total. The third-order valence-electron chi connectivity index (χ3n) is 5.52. The first-order valence-corrected chi connectivity index (χ1v) is 12.4. The van der Waals surface area contributed by atoms with Crippen LogP contribution >= 0.6 is 23.4 Å². The number of rotatable bonds is 7. The third-order valence-corrected chi connectivity index (χ3v) is 6.82. The van der Waals surface area contributed by atoms with E-state index in [0.717, 1.165) is 16.8 Å². The average molecular weight is 483 g/mol. The fraction of sp³-hybridized carbons (Fsp3) is 0.360. The van der Waals surface area contributed by atoms with Crippen molar-refractivity contribution in [2.45, 2.75) is 44.9 Å². The Kier molecular flexibility index (Phi) is 7.20. The fourth-order valence-electron chi connectivity index (χ4n) is 3.82. The van der Waals surface area contributed by atoms with Gasteiger partial charge in [-0.15, -0.1) is 0 Å². The predicted octanol–water partition coefficient (Wildman–Crippen LogP) is 4.83. The topological polar surface area (TPSA) is 74.1 Å². The largest absolute Gasteiger partial charge is 0.355 e. The first-order valence-electron chi connectivity index (χ1n) is 11.1. The van der Waals surface area contributed by atoms with Crippen LogP contribution in [0.3, 0.4) is 0 Å². The summed E-state index contributed by atoms with van der Waals surface area (Å²) in [5.41, 5.74) is 2.72. The molecule has 0 unspecified atom stereocenters. The monoisotopic (exact) mass is 482 g/mol. The molecule has 2 amide bonds. The molecule has 0 bridgehead atoms. The van der Waals surface area contributed by atoms with Crippen molar-refractivity contribution in [3.63, 3.8) is 0 Å². The lowest BCUT2D eigenvalue weighted by Gasteiger charge is -2.27. The Hall–Kier alpha value is -2.64. The lowest BCUT2D eigenvalue weighted by atomic mass is 10.0. The van der Waals surface area contributed by atoms with Gasteiger partial charge in [0.1, 0.15) is 11.9 Å². The minimum atomic E-state index is -0.419. The molecule has 33 heavy (non-hydrogen) atoms. The Balaban J connectivity index is 1.45. The van der Waals surface area contributed by atoms with Gasteiger partial charge in [0.15, 0.2) is 5.17 Å². The smallest absolute Gasteiger partial charge is 0.259 e. The molecule has 0 radical (unpaired) electrons. The van der Waals surface area contributed by atoms with Gasteiger partial charge in [-0.25, -0.2) is 9.89 Å². The van der Waals surface area contributed by atoms with Crippen molar-refractivity contribution >= 4 is 51.9 Å². The van der Waals surface area contributed by atoms with Gasteiger partial charge in [-0.3, -0.25) is 14.6 Å². The molecule has 0 spiro atoms. The molecule has 8 heteroatoms. The summed E-state index contributed by atoms with van der Waals surface area (Å²) in [5, 5.41) is 3.76. The van der Waals surface area contributed by atoms with Gasteiger partial charge < -0.3 is 5.32 Å². The molecule has 0 saturated carbocycles. The van der Waals surface area contributed by atoms with Crippen molar-refractivity contribution in [3.05, 3.63) is 64.7 Å². The highest BCUT2D eigenvalue weighted by Gasteiger charge is 2.42. The lowest BCUT2D eigenvalue weighted by molar-refractivity contribution is -0.125. The van der Waals surface area contributed by atoms with Gasteiger partial charge in [-0.2, -0.15) is 0 Å². The maximum Gasteiger partial charge on any atom is 0.259 e. The van der Waals surface area contributed by atoms with E-state index >= 15 is 0 Å². The van der Waals surface area contributed by atoms with Gasteiger partial charge >= 0.3 is 0 Å². The van der Waals surface area contributed by atoms with Gasteiger partial charge in [-0.1, -0.05) is 61.5 Å². The predicted molar refractivity (Wildman–Crippen MR) is 135 cm³/mol. The van der Waals surface area contributed by atoms with E-state index in [9.17, 15) is 9.59 Å². The van der Waals surface area contributed by atoms with Crippen LogP contribution in [0.5, 0.6) is 0 Å². The van der Waals surface area contributed by atoms with Crippen molar-refractivity contribution in [3.8, 4) is 0 Å². The lowest BCUT2D eigenvalue weighted by Crippen LogP contribution is -2.43. The van der Waals surface area contributed by atoms with E-state index in [-0.39, 0.29) is 11.8 Å². The molecule has 0 aliphatic carbocycles. The fourth-order valence-corrected chi connectivity index (χ4v) is 4.88. The molecule has 2 aromatic rings. The van der Waals surface area contributed by atoms with Gasteiger partial charge in [0.05, 0.1) is 10.9 Å². The maximum absolute atomic E-state index is 13.2. The van der Waals surface area contributed by atoms with E-state index in [4.69, 9.17) is 21.6 Å². The number of halogens is 1. The molecule has 2 atom stereocenters. The highest BCUT2D eigenvalue weighted by molar-refractivity contribution is 8.15. The van der Waals surface area contributed by atoms with Crippen LogP contribution in [0.15, 0.2) is 58.5 Å². The molecule has 0 aromatic heterocycles. The zero-order valence-corrected chi connectivity index (χ0v) is 20.5. The van der Waals surface area contributed by atoms with E-state index in [1.54, 1.807) is 4.90 Å². The number of hydrogen-bond donors (Lipinski definition) is 1. The summed E-state index contributed by atoms with van der Waals surface area (Å²) in [7, 11) is 0. The van der Waals surface area contributed by atoms with E-state index in [1.165, 1.54) is 11.8 Å². The summed E-state index contributed by atoms with van der Waals surface area (Å²) < 4.78 is 0. The second kappa shape index (κ2) is 10.1. The Morgan fingerprint density at radius 1 is 1.15 bits per heavy atom. The molecule has 2 aliphatic rings. The first kappa shape index (κ1) is 23.5. The van der Waals surface area contributed by atoms with Crippen molar-refractivity contribution in [2.75, 3.05) is 6.54 Å². The molecule has 2 aromatic carbocycles. The third kappa shape index (κ3) is 5.31. The van der Waals surface area contributed by atoms with Gasteiger partial charge in [0.2, 0.25) is 5.91 Å². The number of carbonyl (C=O) groups is 2. The van der Waals surface area contributed by atoms with Crippen molar-refractivity contribution in [1.29, 1.82) is 0 Å². The maximum atomic E-state index is 13.2. The van der Waals surface area contributed by atoms with Crippen LogP contribution < -0.4 is 5.32 Å². The number of aliphatic imine (C=N–C) groups is 2. The van der Waals surface area contributed by atoms with Crippen molar-refractivity contribution in [1.82, 2.24) is 10.2 Å². The van der Waals surface area contributed by atoms with Crippen molar-refractivity contribution < 1.29 is 9.59 Å². The molecule has 2 aliphatic heterocycles. The Labute approximate surface area is 203 Å². The SMILES string of the molecule is CC(C)C[C@@H]1N=C2c3ccccc3N=C(S[C@H](C)C(=O)NCCc3ccc(Cl)cc3)N2C1=O. The second-order valence-electron chi connectivity index (χ2n) is 8.61. The van der Waals surface area contributed by atoms with Gasteiger partial charge in [0, 0.05) is 17.1 Å². The number of nitrogens with one attached hydrogen (secondary N) is 1. The molecule has 172 valence electrons. The van der Waals surface area contributed by atoms with E-state index < -0.39 is 11.3 Å². The van der Waals surface area contributed by atoms with Crippen LogP contribution in [-0.2, 0) is 16.0 Å². The standard InChI is InChI=1S/C25H27ClN4O2S/c1-15(2)14-21-24(32)30-22(28-21)19-6-4-5-7-20(19)29-25(30)33-16(3)23(31)27-13-12-17-8-10-18(26)11-9-17/h4-11,15-16,21H,12-14H2,1-3H3,(H,27,31)/t16-,21+/m1/s1. The van der Waals surface area contributed by atoms with Gasteiger partial charge in [0.25, 0.3) is 5.91 Å². The summed E-state index contributed by atoms with van der Waals surface area (Å²) in [4.78, 5) is 37.0. The zero-order chi connectivity index (χ0) is 23.5. The van der Waals surface area contributed by atoms with E-state index in [1.807, 2.05) is 55.5 Å². The van der Waals surface area contributed by atoms with Gasteiger partial charge in [-0.05, 0) is 55.5 Å². The van der Waals surface area contributed by atoms with Crippen molar-refractivity contribution in [2.24, 2.45) is 15.9 Å². The average Bonchev–Trinajstić information content (AvgIpc) is 3.11. The number of para-hydroxylation sites is 1. The summed E-state index contributed by atoms with van der Waals surface area (Å²) in [6.07, 6.45) is 1.40. The van der Waals surface area contributed by atoms with Crippen LogP contribution in [0, 0.1) is 5.92 Å². The first-order chi connectivity index (χ1) is 15.8. The number of thioether (sulfide) groups is 1. The number of benzene rings is 2. The molecular weight excluding hydrogens is 456 g/mol. The number of hydrogen-bond acceptors (Lipinski definition) is 5. The summed E-state index contributed by atoms with van der Waals surface area (Å²) in [6, 6.07) is 14.9. The molecule has 4 rings (SSSR count). The molecule has 0 fully saturated rings. The molecule has 0 saturated heterocycles. The second-order valence-corrected chi connectivity index (χ2v) is 10.4. The van der Waals surface area contributed by atoms with E-state index in [0.29, 0.717) is 41.3 Å². The van der Waals surface area contributed by atoms with E-state index in [2.05, 4.69) is 19.2 Å². The Morgan fingerprint density at radius 2 is 1.88 bits per heavy atom. The van der Waals surface area contributed by atoms with Crippen LogP contribution in [0.4, 0.5) is 5.69 Å².